The molecule has 2 atom stereocenters. The van der Waals surface area contributed by atoms with E-state index in [0.717, 1.165) is 0 Å². The van der Waals surface area contributed by atoms with Gasteiger partial charge in [0.1, 0.15) is 12.2 Å². The summed E-state index contributed by atoms with van der Waals surface area (Å²) in [7, 11) is 0. The van der Waals surface area contributed by atoms with Crippen LogP contribution in [-0.2, 0) is 9.59 Å². The van der Waals surface area contributed by atoms with Crippen LogP contribution in [0, 0.1) is 0 Å². The van der Waals surface area contributed by atoms with E-state index in [1.165, 1.54) is 0 Å². The third-order valence-corrected chi connectivity index (χ3v) is 2.00. The molecule has 0 spiro atoms. The van der Waals surface area contributed by atoms with Gasteiger partial charge in [-0.2, -0.15) is 0 Å². The van der Waals surface area contributed by atoms with Gasteiger partial charge in [-0.15, -0.1) is 0 Å². The second-order valence-corrected chi connectivity index (χ2v) is 3.68. The largest absolute Gasteiger partial charge is 0.547 e. The second-order valence-electron chi connectivity index (χ2n) is 3.68. The highest BCUT2D eigenvalue weighted by atomic mass is 16.4. The molecule has 0 radical (unpaired) electrons. The number of hydrogen-bond acceptors (Lipinski definition) is 6. The van der Waals surface area contributed by atoms with Crippen LogP contribution in [0.2, 0.25) is 0 Å². The number of carboxylic acid groups (broad SMARTS) is 2. The van der Waals surface area contributed by atoms with Gasteiger partial charge >= 0.3 is 0 Å². The van der Waals surface area contributed by atoms with Gasteiger partial charge in [0.05, 0.1) is 11.9 Å². The molecule has 0 saturated heterocycles. The lowest BCUT2D eigenvalue weighted by Crippen LogP contribution is -2.51. The van der Waals surface area contributed by atoms with E-state index in [1.807, 2.05) is 61.2 Å². The molecule has 0 aliphatic rings. The number of carboxylic acids is 2. The Kier molecular flexibility index (Phi) is 10.4. The van der Waals surface area contributed by atoms with Crippen molar-refractivity contribution in [1.82, 2.24) is 0 Å². The van der Waals surface area contributed by atoms with Crippen LogP contribution in [-0.4, -0.2) is 34.4 Å². The Bertz CT molecular complexity index is 420. The predicted molar refractivity (Wildman–Crippen MR) is 68.0 cm³/mol. The normalized spacial score (nSPS) is 11.5. The summed E-state index contributed by atoms with van der Waals surface area (Å²) in [5.41, 5.74) is 0. The molecule has 2 heterocycles. The second kappa shape index (κ2) is 11.9. The van der Waals surface area contributed by atoms with Crippen molar-refractivity contribution < 1.29 is 40.0 Å². The number of aromatic amines is 2. The molecule has 0 bridgehead atoms. The van der Waals surface area contributed by atoms with E-state index in [1.54, 1.807) is 0 Å². The summed E-state index contributed by atoms with van der Waals surface area (Å²) in [5, 5.41) is 35.7. The first-order valence-corrected chi connectivity index (χ1v) is 6.06. The Morgan fingerprint density at radius 3 is 1.05 bits per heavy atom. The van der Waals surface area contributed by atoms with Crippen LogP contribution in [0.25, 0.3) is 0 Å². The Hall–Kier alpha value is -2.84. The lowest BCUT2D eigenvalue weighted by atomic mass is 10.2. The maximum Gasteiger partial charge on any atom is 0.166 e. The van der Waals surface area contributed by atoms with E-state index >= 15 is 0 Å². The molecule has 22 heavy (non-hydrogen) atoms. The smallest absolute Gasteiger partial charge is 0.166 e. The number of hydrogen-bond donors (Lipinski definition) is 2. The molecule has 0 aromatic carbocycles. The average molecular weight is 308 g/mol. The summed E-state index contributed by atoms with van der Waals surface area (Å²) in [6.07, 6.45) is 2.62. The SMILES string of the molecule is O=C([O-])C(O)C(O)C(=O)[O-].c1cc[nH+]cc1.c1cc[nH+]cc1. The zero-order valence-electron chi connectivity index (χ0n) is 11.5. The van der Waals surface area contributed by atoms with Crippen molar-refractivity contribution in [2.75, 3.05) is 0 Å². The molecule has 0 saturated carbocycles. The molecular formula is C14H16N2O6. The number of pyridine rings is 2. The van der Waals surface area contributed by atoms with Gasteiger partial charge in [0.2, 0.25) is 0 Å². The maximum absolute atomic E-state index is 9.63. The summed E-state index contributed by atoms with van der Waals surface area (Å²) < 4.78 is 0. The fraction of sp³-hybridized carbons (Fsp3) is 0.143. The fourth-order valence-corrected chi connectivity index (χ4v) is 0.942. The molecule has 8 nitrogen and oxygen atoms in total. The van der Waals surface area contributed by atoms with Crippen molar-refractivity contribution in [3.63, 3.8) is 0 Å². The van der Waals surface area contributed by atoms with Gasteiger partial charge in [-0.1, -0.05) is 12.1 Å². The van der Waals surface area contributed by atoms with Gasteiger partial charge in [0.15, 0.2) is 24.8 Å². The van der Waals surface area contributed by atoms with Crippen molar-refractivity contribution in [2.24, 2.45) is 0 Å². The first kappa shape index (κ1) is 19.2. The number of carbonyl (C=O) groups excluding carboxylic acids is 2. The van der Waals surface area contributed by atoms with E-state index in [2.05, 4.69) is 9.97 Å². The van der Waals surface area contributed by atoms with E-state index < -0.39 is 24.1 Å². The van der Waals surface area contributed by atoms with Crippen LogP contribution in [0.3, 0.4) is 0 Å². The number of carbonyl (C=O) groups is 2. The van der Waals surface area contributed by atoms with Crippen molar-refractivity contribution in [3.05, 3.63) is 61.2 Å². The number of nitrogens with one attached hydrogen (secondary N) is 2. The molecular weight excluding hydrogens is 292 g/mol. The highest BCUT2D eigenvalue weighted by molar-refractivity contribution is 5.80. The number of rotatable bonds is 3. The zero-order valence-corrected chi connectivity index (χ0v) is 11.5. The third-order valence-electron chi connectivity index (χ3n) is 2.00. The van der Waals surface area contributed by atoms with Crippen molar-refractivity contribution in [3.8, 4) is 0 Å². The van der Waals surface area contributed by atoms with Gasteiger partial charge in [-0.3, -0.25) is 0 Å². The Morgan fingerprint density at radius 2 is 0.955 bits per heavy atom. The van der Waals surface area contributed by atoms with Crippen LogP contribution >= 0.6 is 0 Å². The maximum atomic E-state index is 9.63. The summed E-state index contributed by atoms with van der Waals surface area (Å²) in [6, 6.07) is 11.7. The number of aromatic nitrogens is 2. The minimum Gasteiger partial charge on any atom is -0.547 e. The first-order valence-electron chi connectivity index (χ1n) is 6.06. The average Bonchev–Trinajstić information content (AvgIpc) is 2.57. The minimum atomic E-state index is -2.44. The summed E-state index contributed by atoms with van der Waals surface area (Å²) in [6.45, 7) is 0. The Labute approximate surface area is 126 Å². The molecule has 0 amide bonds. The Balaban J connectivity index is 0.000000315. The highest BCUT2D eigenvalue weighted by Gasteiger charge is 2.17. The third kappa shape index (κ3) is 10.0. The molecule has 0 aliphatic carbocycles. The zero-order chi connectivity index (χ0) is 16.8. The number of aliphatic hydroxyl groups is 2. The quantitative estimate of drug-likeness (QED) is 0.594. The van der Waals surface area contributed by atoms with E-state index in [4.69, 9.17) is 10.2 Å². The molecule has 4 N–H and O–H groups in total. The van der Waals surface area contributed by atoms with Crippen LogP contribution in [0.15, 0.2) is 61.2 Å². The van der Waals surface area contributed by atoms with E-state index in [0.29, 0.717) is 0 Å². The van der Waals surface area contributed by atoms with Crippen LogP contribution < -0.4 is 20.2 Å². The van der Waals surface area contributed by atoms with Gasteiger partial charge < -0.3 is 30.0 Å². The molecule has 0 aliphatic heterocycles. The summed E-state index contributed by atoms with van der Waals surface area (Å²) in [5.74, 6) is -4.12. The molecule has 2 rings (SSSR count). The van der Waals surface area contributed by atoms with Crippen molar-refractivity contribution in [2.45, 2.75) is 12.2 Å². The van der Waals surface area contributed by atoms with Crippen LogP contribution in [0.5, 0.6) is 0 Å². The van der Waals surface area contributed by atoms with Crippen molar-refractivity contribution in [1.29, 1.82) is 0 Å². The lowest BCUT2D eigenvalue weighted by molar-refractivity contribution is -0.378. The lowest BCUT2D eigenvalue weighted by Gasteiger charge is -2.18. The van der Waals surface area contributed by atoms with E-state index in [9.17, 15) is 19.8 Å². The van der Waals surface area contributed by atoms with Crippen LogP contribution in [0.1, 0.15) is 0 Å². The highest BCUT2D eigenvalue weighted by Crippen LogP contribution is 1.89. The van der Waals surface area contributed by atoms with E-state index in [-0.39, 0.29) is 0 Å². The molecule has 2 aromatic heterocycles. The first-order chi connectivity index (χ1) is 10.5. The van der Waals surface area contributed by atoms with Crippen molar-refractivity contribution >= 4 is 11.9 Å². The number of H-pyrrole nitrogens is 2. The number of aliphatic hydroxyl groups excluding tert-OH is 2. The fourth-order valence-electron chi connectivity index (χ4n) is 0.942. The Morgan fingerprint density at radius 1 is 0.682 bits per heavy atom. The molecule has 2 unspecified atom stereocenters. The summed E-state index contributed by atoms with van der Waals surface area (Å²) >= 11 is 0. The predicted octanol–water partition coefficient (Wildman–Crippen LogP) is -3.79. The van der Waals surface area contributed by atoms with Gasteiger partial charge in [-0.25, -0.2) is 9.97 Å². The molecule has 8 heteroatoms. The van der Waals surface area contributed by atoms with Gasteiger partial charge in [0.25, 0.3) is 0 Å². The van der Waals surface area contributed by atoms with Crippen LogP contribution in [0.4, 0.5) is 0 Å². The standard InChI is InChI=1S/2C5H5N.C4H6O6/c2*1-2-4-6-5-3-1;5-1(3(7)8)2(6)4(9)10/h2*1-5H;1-2,5-6H,(H,7,8)(H,9,10). The molecule has 0 fully saturated rings. The molecule has 2 aromatic rings. The monoisotopic (exact) mass is 308 g/mol. The molecule has 118 valence electrons. The number of aliphatic carboxylic acids is 2. The topological polar surface area (TPSA) is 149 Å². The minimum absolute atomic E-state index is 1.88. The van der Waals surface area contributed by atoms with Gasteiger partial charge in [-0.05, 0) is 0 Å². The summed E-state index contributed by atoms with van der Waals surface area (Å²) in [4.78, 5) is 25.1. The van der Waals surface area contributed by atoms with Gasteiger partial charge in [0, 0.05) is 24.3 Å².